The molecule has 0 amide bonds. The van der Waals surface area contributed by atoms with Gasteiger partial charge in [-0.1, -0.05) is 6.07 Å². The highest BCUT2D eigenvalue weighted by Crippen LogP contribution is 2.15. The molecule has 34 heavy (non-hydrogen) atoms. The summed E-state index contributed by atoms with van der Waals surface area (Å²) in [5, 5.41) is 33.8. The van der Waals surface area contributed by atoms with Crippen molar-refractivity contribution in [1.29, 1.82) is 0 Å². The van der Waals surface area contributed by atoms with Crippen LogP contribution in [0.5, 0.6) is 0 Å². The number of aryl methyl sites for hydroxylation is 1. The van der Waals surface area contributed by atoms with E-state index in [1.165, 1.54) is 0 Å². The molecule has 0 fully saturated rings. The van der Waals surface area contributed by atoms with Gasteiger partial charge in [0.25, 0.3) is 0 Å². The standard InChI is InChI=1S/C16H25N5.C6H8O7/c1-19(2)10-6-11-21(13-15-7-4-5-8-17-15)14-16-18-9-12-20(16)3;7-3(8)1-6(13,5(11)12)2-4(9)10/h4-5,7-9,12H,6,10-11,13-14H2,1-3H3;13H,1-2H2,(H,7,8)(H,9,10)(H,11,12). The number of aromatic nitrogens is 3. The van der Waals surface area contributed by atoms with Crippen molar-refractivity contribution in [3.63, 3.8) is 0 Å². The van der Waals surface area contributed by atoms with Crippen LogP contribution in [0.1, 0.15) is 30.8 Å². The van der Waals surface area contributed by atoms with Crippen LogP contribution in [0.2, 0.25) is 0 Å². The number of aliphatic hydroxyl groups is 1. The maximum Gasteiger partial charge on any atom is 0.336 e. The molecule has 0 aliphatic rings. The summed E-state index contributed by atoms with van der Waals surface area (Å²) in [6.45, 7) is 3.86. The molecule has 12 heteroatoms. The molecular formula is C22H33N5O7. The summed E-state index contributed by atoms with van der Waals surface area (Å²) in [5.41, 5.74) is -1.63. The molecule has 0 bridgehead atoms. The zero-order valence-corrected chi connectivity index (χ0v) is 19.7. The number of hydrogen-bond acceptors (Lipinski definition) is 8. The topological polar surface area (TPSA) is 169 Å². The Morgan fingerprint density at radius 1 is 0.971 bits per heavy atom. The second kappa shape index (κ2) is 14.0. The first kappa shape index (κ1) is 28.7. The van der Waals surface area contributed by atoms with Gasteiger partial charge in [-0.2, -0.15) is 0 Å². The maximum absolute atomic E-state index is 10.3. The van der Waals surface area contributed by atoms with E-state index in [1.807, 2.05) is 37.8 Å². The third-order valence-corrected chi connectivity index (χ3v) is 4.76. The van der Waals surface area contributed by atoms with Gasteiger partial charge >= 0.3 is 17.9 Å². The largest absolute Gasteiger partial charge is 0.481 e. The van der Waals surface area contributed by atoms with Crippen LogP contribution in [0.15, 0.2) is 36.8 Å². The number of carboxylic acids is 3. The van der Waals surface area contributed by atoms with E-state index < -0.39 is 36.4 Å². The van der Waals surface area contributed by atoms with Gasteiger partial charge in [0.1, 0.15) is 5.82 Å². The Morgan fingerprint density at radius 3 is 2.06 bits per heavy atom. The first-order chi connectivity index (χ1) is 15.9. The molecule has 0 saturated carbocycles. The van der Waals surface area contributed by atoms with Crippen LogP contribution in [-0.2, 0) is 34.5 Å². The molecule has 0 saturated heterocycles. The van der Waals surface area contributed by atoms with Gasteiger partial charge in [0.05, 0.1) is 25.1 Å². The van der Waals surface area contributed by atoms with E-state index in [-0.39, 0.29) is 0 Å². The Hall–Kier alpha value is -3.35. The molecular weight excluding hydrogens is 446 g/mol. The van der Waals surface area contributed by atoms with E-state index in [2.05, 4.69) is 44.5 Å². The summed E-state index contributed by atoms with van der Waals surface area (Å²) in [6, 6.07) is 6.08. The lowest BCUT2D eigenvalue weighted by atomic mass is 9.96. The number of pyridine rings is 1. The van der Waals surface area contributed by atoms with Gasteiger partial charge in [-0.15, -0.1) is 0 Å². The van der Waals surface area contributed by atoms with Crippen molar-refractivity contribution in [2.24, 2.45) is 7.05 Å². The fourth-order valence-electron chi connectivity index (χ4n) is 3.01. The average Bonchev–Trinajstić information content (AvgIpc) is 3.12. The third kappa shape index (κ3) is 11.0. The number of imidazole rings is 1. The van der Waals surface area contributed by atoms with Gasteiger partial charge in [0.15, 0.2) is 5.60 Å². The van der Waals surface area contributed by atoms with Gasteiger partial charge in [0, 0.05) is 38.7 Å². The summed E-state index contributed by atoms with van der Waals surface area (Å²) in [7, 11) is 6.27. The predicted octanol–water partition coefficient (Wildman–Crippen LogP) is 0.521. The summed E-state index contributed by atoms with van der Waals surface area (Å²) in [5.74, 6) is -3.93. The Morgan fingerprint density at radius 2 is 1.62 bits per heavy atom. The fourth-order valence-corrected chi connectivity index (χ4v) is 3.01. The molecule has 2 aromatic heterocycles. The van der Waals surface area contributed by atoms with Gasteiger partial charge in [-0.25, -0.2) is 9.78 Å². The van der Waals surface area contributed by atoms with E-state index in [4.69, 9.17) is 20.4 Å². The lowest BCUT2D eigenvalue weighted by Gasteiger charge is -2.22. The number of hydrogen-bond donors (Lipinski definition) is 4. The minimum absolute atomic E-state index is 0.855. The molecule has 0 spiro atoms. The van der Waals surface area contributed by atoms with Gasteiger partial charge in [-0.05, 0) is 39.2 Å². The molecule has 2 rings (SSSR count). The van der Waals surface area contributed by atoms with Gasteiger partial charge in [0.2, 0.25) is 0 Å². The molecule has 2 heterocycles. The van der Waals surface area contributed by atoms with Gasteiger partial charge < -0.3 is 29.9 Å². The number of aliphatic carboxylic acids is 3. The molecule has 0 atom stereocenters. The molecule has 0 radical (unpaired) electrons. The molecule has 2 aromatic rings. The highest BCUT2D eigenvalue weighted by molar-refractivity contribution is 5.88. The molecule has 0 unspecified atom stereocenters. The van der Waals surface area contributed by atoms with Crippen molar-refractivity contribution in [2.45, 2.75) is 38.0 Å². The normalized spacial score (nSPS) is 11.2. The Labute approximate surface area is 198 Å². The molecule has 188 valence electrons. The molecule has 0 aliphatic heterocycles. The zero-order valence-electron chi connectivity index (χ0n) is 19.7. The Bertz CT molecular complexity index is 901. The molecule has 0 aromatic carbocycles. The van der Waals surface area contributed by atoms with E-state index in [0.717, 1.165) is 44.1 Å². The predicted molar refractivity (Wildman–Crippen MR) is 122 cm³/mol. The van der Waals surface area contributed by atoms with E-state index >= 15 is 0 Å². The number of rotatable bonds is 13. The van der Waals surface area contributed by atoms with Crippen molar-refractivity contribution in [3.8, 4) is 0 Å². The summed E-state index contributed by atoms with van der Waals surface area (Å²) >= 11 is 0. The molecule has 0 aliphatic carbocycles. The van der Waals surface area contributed by atoms with Gasteiger partial charge in [-0.3, -0.25) is 19.5 Å². The van der Waals surface area contributed by atoms with Crippen LogP contribution >= 0.6 is 0 Å². The van der Waals surface area contributed by atoms with E-state index in [1.54, 1.807) is 0 Å². The van der Waals surface area contributed by atoms with Crippen LogP contribution in [0.25, 0.3) is 0 Å². The highest BCUT2D eigenvalue weighted by atomic mass is 16.4. The number of carbonyl (C=O) groups is 3. The highest BCUT2D eigenvalue weighted by Gasteiger charge is 2.40. The SMILES string of the molecule is CN(C)CCCN(Cc1ccccn1)Cc1nccn1C.O=C(O)CC(O)(CC(=O)O)C(=O)O. The Kier molecular flexibility index (Phi) is 11.8. The minimum Gasteiger partial charge on any atom is -0.481 e. The summed E-state index contributed by atoms with van der Waals surface area (Å²) in [6.07, 6.45) is 4.56. The van der Waals surface area contributed by atoms with Crippen LogP contribution < -0.4 is 0 Å². The van der Waals surface area contributed by atoms with Crippen LogP contribution in [0.3, 0.4) is 0 Å². The quantitative estimate of drug-likeness (QED) is 0.316. The van der Waals surface area contributed by atoms with E-state index in [9.17, 15) is 14.4 Å². The smallest absolute Gasteiger partial charge is 0.336 e. The van der Waals surface area contributed by atoms with Crippen molar-refractivity contribution in [2.75, 3.05) is 27.2 Å². The fraction of sp³-hybridized carbons (Fsp3) is 0.500. The van der Waals surface area contributed by atoms with Crippen molar-refractivity contribution in [3.05, 3.63) is 48.3 Å². The zero-order chi connectivity index (χ0) is 25.7. The Balaban J connectivity index is 0.000000385. The maximum atomic E-state index is 10.3. The van der Waals surface area contributed by atoms with Crippen molar-refractivity contribution in [1.82, 2.24) is 24.3 Å². The van der Waals surface area contributed by atoms with Crippen molar-refractivity contribution < 1.29 is 34.8 Å². The lowest BCUT2D eigenvalue weighted by Crippen LogP contribution is -2.42. The lowest BCUT2D eigenvalue weighted by molar-refractivity contribution is -0.170. The first-order valence-corrected chi connectivity index (χ1v) is 10.6. The monoisotopic (exact) mass is 479 g/mol. The van der Waals surface area contributed by atoms with E-state index in [0.29, 0.717) is 0 Å². The first-order valence-electron chi connectivity index (χ1n) is 10.6. The van der Waals surface area contributed by atoms with Crippen LogP contribution in [0.4, 0.5) is 0 Å². The van der Waals surface area contributed by atoms with Crippen LogP contribution in [0, 0.1) is 0 Å². The summed E-state index contributed by atoms with van der Waals surface area (Å²) in [4.78, 5) is 44.0. The average molecular weight is 480 g/mol. The molecule has 4 N–H and O–H groups in total. The summed E-state index contributed by atoms with van der Waals surface area (Å²) < 4.78 is 2.08. The molecule has 12 nitrogen and oxygen atoms in total. The second-order valence-corrected chi connectivity index (χ2v) is 8.12. The third-order valence-electron chi connectivity index (χ3n) is 4.76. The number of nitrogens with zero attached hydrogens (tertiary/aromatic N) is 5. The van der Waals surface area contributed by atoms with Crippen LogP contribution in [-0.4, -0.2) is 95.5 Å². The minimum atomic E-state index is -2.74. The second-order valence-electron chi connectivity index (χ2n) is 8.12. The van der Waals surface area contributed by atoms with Crippen molar-refractivity contribution >= 4 is 17.9 Å². The number of carboxylic acid groups (broad SMARTS) is 3.